The molecule has 0 atom stereocenters. The molecule has 26 heavy (non-hydrogen) atoms. The molecule has 0 fully saturated rings. The third-order valence-corrected chi connectivity index (χ3v) is 3.75. The van der Waals surface area contributed by atoms with E-state index in [-0.39, 0.29) is 23.3 Å². The SMILES string of the molecule is CCOC(=O)c1nc2cc(C(F)(F)F)ccc2nc1Cc1ccccc1. The van der Waals surface area contributed by atoms with Gasteiger partial charge in [-0.05, 0) is 30.7 Å². The summed E-state index contributed by atoms with van der Waals surface area (Å²) in [6, 6.07) is 12.4. The Morgan fingerprint density at radius 3 is 2.42 bits per heavy atom. The molecule has 0 aliphatic carbocycles. The first kappa shape index (κ1) is 17.8. The van der Waals surface area contributed by atoms with Crippen LogP contribution < -0.4 is 0 Å². The van der Waals surface area contributed by atoms with Crippen LogP contribution >= 0.6 is 0 Å². The van der Waals surface area contributed by atoms with Gasteiger partial charge in [0.15, 0.2) is 5.69 Å². The molecule has 0 saturated heterocycles. The van der Waals surface area contributed by atoms with Gasteiger partial charge in [0.05, 0.1) is 28.9 Å². The maximum absolute atomic E-state index is 12.9. The smallest absolute Gasteiger partial charge is 0.416 e. The number of nitrogens with zero attached hydrogens (tertiary/aromatic N) is 2. The molecule has 0 aliphatic heterocycles. The number of hydrogen-bond donors (Lipinski definition) is 0. The van der Waals surface area contributed by atoms with Crippen LogP contribution in [-0.4, -0.2) is 22.5 Å². The maximum Gasteiger partial charge on any atom is 0.416 e. The normalized spacial score (nSPS) is 11.5. The lowest BCUT2D eigenvalue weighted by molar-refractivity contribution is -0.137. The number of rotatable bonds is 4. The molecule has 1 heterocycles. The summed E-state index contributed by atoms with van der Waals surface area (Å²) in [5.74, 6) is -0.703. The standard InChI is InChI=1S/C19H15F3N2O2/c1-2-26-18(25)17-16(10-12-6-4-3-5-7-12)23-14-9-8-13(19(20,21)22)11-15(14)24-17/h3-9,11H,2,10H2,1H3. The van der Waals surface area contributed by atoms with E-state index >= 15 is 0 Å². The van der Waals surface area contributed by atoms with Gasteiger partial charge < -0.3 is 4.74 Å². The summed E-state index contributed by atoms with van der Waals surface area (Å²) in [4.78, 5) is 20.7. The highest BCUT2D eigenvalue weighted by molar-refractivity contribution is 5.91. The minimum Gasteiger partial charge on any atom is -0.461 e. The quantitative estimate of drug-likeness (QED) is 0.647. The largest absolute Gasteiger partial charge is 0.461 e. The number of ether oxygens (including phenoxy) is 1. The Hall–Kier alpha value is -2.96. The molecule has 0 spiro atoms. The minimum atomic E-state index is -4.50. The number of halogens is 3. The van der Waals surface area contributed by atoms with E-state index in [2.05, 4.69) is 9.97 Å². The topological polar surface area (TPSA) is 52.1 Å². The maximum atomic E-state index is 12.9. The number of hydrogen-bond acceptors (Lipinski definition) is 4. The van der Waals surface area contributed by atoms with E-state index in [1.807, 2.05) is 30.3 Å². The van der Waals surface area contributed by atoms with Crippen LogP contribution in [0, 0.1) is 0 Å². The minimum absolute atomic E-state index is 0.000287. The fraction of sp³-hybridized carbons (Fsp3) is 0.211. The van der Waals surface area contributed by atoms with Crippen LogP contribution in [0.4, 0.5) is 13.2 Å². The van der Waals surface area contributed by atoms with Crippen molar-refractivity contribution in [3.8, 4) is 0 Å². The van der Waals surface area contributed by atoms with Crippen LogP contribution in [-0.2, 0) is 17.3 Å². The van der Waals surface area contributed by atoms with E-state index < -0.39 is 17.7 Å². The second kappa shape index (κ2) is 7.11. The molecule has 3 aromatic rings. The van der Waals surface area contributed by atoms with Gasteiger partial charge in [0.1, 0.15) is 0 Å². The fourth-order valence-electron chi connectivity index (χ4n) is 2.54. The predicted octanol–water partition coefficient (Wildman–Crippen LogP) is 4.42. The highest BCUT2D eigenvalue weighted by Gasteiger charge is 2.31. The highest BCUT2D eigenvalue weighted by atomic mass is 19.4. The van der Waals surface area contributed by atoms with Gasteiger partial charge in [-0.15, -0.1) is 0 Å². The summed E-state index contributed by atoms with van der Waals surface area (Å²) < 4.78 is 43.8. The molecule has 2 aromatic carbocycles. The number of esters is 1. The molecule has 0 aliphatic rings. The highest BCUT2D eigenvalue weighted by Crippen LogP contribution is 2.31. The summed E-state index contributed by atoms with van der Waals surface area (Å²) in [6.45, 7) is 1.77. The Balaban J connectivity index is 2.12. The first-order chi connectivity index (χ1) is 12.4. The van der Waals surface area contributed by atoms with Crippen molar-refractivity contribution in [3.05, 3.63) is 71.0 Å². The van der Waals surface area contributed by atoms with Crippen molar-refractivity contribution < 1.29 is 22.7 Å². The van der Waals surface area contributed by atoms with Crippen molar-refractivity contribution in [3.63, 3.8) is 0 Å². The van der Waals surface area contributed by atoms with E-state index in [0.717, 1.165) is 17.7 Å². The zero-order chi connectivity index (χ0) is 18.7. The van der Waals surface area contributed by atoms with Gasteiger partial charge in [-0.3, -0.25) is 0 Å². The van der Waals surface area contributed by atoms with Crippen molar-refractivity contribution in [2.24, 2.45) is 0 Å². The van der Waals surface area contributed by atoms with Gasteiger partial charge in [0.25, 0.3) is 0 Å². The van der Waals surface area contributed by atoms with Crippen LogP contribution in [0.2, 0.25) is 0 Å². The van der Waals surface area contributed by atoms with Crippen molar-refractivity contribution >= 4 is 17.0 Å². The fourth-order valence-corrected chi connectivity index (χ4v) is 2.54. The summed E-state index contributed by atoms with van der Waals surface area (Å²) in [5.41, 5.74) is 0.643. The molecule has 0 bridgehead atoms. The average Bonchev–Trinajstić information content (AvgIpc) is 2.61. The molecule has 0 N–H and O–H groups in total. The first-order valence-electron chi connectivity index (χ1n) is 7.97. The van der Waals surface area contributed by atoms with E-state index in [1.54, 1.807) is 6.92 Å². The second-order valence-corrected chi connectivity index (χ2v) is 5.60. The summed E-state index contributed by atoms with van der Waals surface area (Å²) in [5, 5.41) is 0. The van der Waals surface area contributed by atoms with Gasteiger partial charge in [-0.1, -0.05) is 30.3 Å². The number of alkyl halides is 3. The third-order valence-electron chi connectivity index (χ3n) is 3.75. The van der Waals surface area contributed by atoms with E-state index in [1.165, 1.54) is 6.07 Å². The lowest BCUT2D eigenvalue weighted by Crippen LogP contribution is -2.13. The Morgan fingerprint density at radius 1 is 1.04 bits per heavy atom. The number of aromatic nitrogens is 2. The first-order valence-corrected chi connectivity index (χ1v) is 7.97. The number of carbonyl (C=O) groups excluding carboxylic acids is 1. The van der Waals surface area contributed by atoms with Gasteiger partial charge in [-0.2, -0.15) is 13.2 Å². The summed E-state index contributed by atoms with van der Waals surface area (Å²) >= 11 is 0. The Labute approximate surface area is 147 Å². The monoisotopic (exact) mass is 360 g/mol. The number of carbonyl (C=O) groups is 1. The van der Waals surface area contributed by atoms with Crippen LogP contribution in [0.25, 0.3) is 11.0 Å². The van der Waals surface area contributed by atoms with Gasteiger partial charge in [-0.25, -0.2) is 14.8 Å². The lowest BCUT2D eigenvalue weighted by Gasteiger charge is -2.11. The summed E-state index contributed by atoms with van der Waals surface area (Å²) in [7, 11) is 0. The molecule has 4 nitrogen and oxygen atoms in total. The van der Waals surface area contributed by atoms with E-state index in [9.17, 15) is 18.0 Å². The zero-order valence-electron chi connectivity index (χ0n) is 13.9. The Bertz CT molecular complexity index is 941. The lowest BCUT2D eigenvalue weighted by atomic mass is 10.1. The van der Waals surface area contributed by atoms with E-state index in [4.69, 9.17) is 4.74 Å². The molecule has 3 rings (SSSR count). The molecular weight excluding hydrogens is 345 g/mol. The van der Waals surface area contributed by atoms with E-state index in [0.29, 0.717) is 12.1 Å². The number of fused-ring (bicyclic) bond motifs is 1. The molecular formula is C19H15F3N2O2. The number of benzene rings is 2. The van der Waals surface area contributed by atoms with Crippen LogP contribution in [0.5, 0.6) is 0 Å². The van der Waals surface area contributed by atoms with Crippen LogP contribution in [0.3, 0.4) is 0 Å². The predicted molar refractivity (Wildman–Crippen MR) is 89.7 cm³/mol. The Kier molecular flexibility index (Phi) is 4.88. The molecule has 0 amide bonds. The average molecular weight is 360 g/mol. The van der Waals surface area contributed by atoms with Crippen molar-refractivity contribution in [2.45, 2.75) is 19.5 Å². The van der Waals surface area contributed by atoms with Crippen molar-refractivity contribution in [1.29, 1.82) is 0 Å². The van der Waals surface area contributed by atoms with Crippen molar-refractivity contribution in [1.82, 2.24) is 9.97 Å². The molecule has 0 saturated carbocycles. The third kappa shape index (κ3) is 3.82. The molecule has 134 valence electrons. The van der Waals surface area contributed by atoms with Gasteiger partial charge >= 0.3 is 12.1 Å². The molecule has 7 heteroatoms. The zero-order valence-corrected chi connectivity index (χ0v) is 13.9. The van der Waals surface area contributed by atoms with Crippen LogP contribution in [0.1, 0.15) is 34.2 Å². The second-order valence-electron chi connectivity index (χ2n) is 5.60. The van der Waals surface area contributed by atoms with Crippen molar-refractivity contribution in [2.75, 3.05) is 6.61 Å². The molecule has 0 radical (unpaired) electrons. The van der Waals surface area contributed by atoms with Gasteiger partial charge in [0, 0.05) is 6.42 Å². The Morgan fingerprint density at radius 2 is 1.77 bits per heavy atom. The van der Waals surface area contributed by atoms with Crippen LogP contribution in [0.15, 0.2) is 48.5 Å². The molecule has 1 aromatic heterocycles. The summed E-state index contributed by atoms with van der Waals surface area (Å²) in [6.07, 6.45) is -4.18. The molecule has 0 unspecified atom stereocenters. The van der Waals surface area contributed by atoms with Gasteiger partial charge in [0.2, 0.25) is 0 Å².